The van der Waals surface area contributed by atoms with Crippen molar-refractivity contribution in [3.8, 4) is 6.07 Å². The molecule has 0 bridgehead atoms. The van der Waals surface area contributed by atoms with Gasteiger partial charge in [-0.2, -0.15) is 5.26 Å². The van der Waals surface area contributed by atoms with Crippen LogP contribution in [0.5, 0.6) is 0 Å². The summed E-state index contributed by atoms with van der Waals surface area (Å²) in [6.45, 7) is 4.60. The quantitative estimate of drug-likeness (QED) is 0.367. The SMILES string of the molecule is CCCCCCCC1CCC(C#N)(C2CCC(CCCC)CC2)CC1. The minimum atomic E-state index is 0.0500. The van der Waals surface area contributed by atoms with Gasteiger partial charge in [-0.25, -0.2) is 0 Å². The van der Waals surface area contributed by atoms with E-state index in [1.807, 2.05) is 0 Å². The standard InChI is InChI=1S/C24H43N/c1-3-5-7-8-9-11-22-16-18-24(20-25,19-17-22)23-14-12-21(13-15-23)10-6-4-2/h21-23H,3-19H2,1-2H3. The topological polar surface area (TPSA) is 23.8 Å². The molecule has 0 aromatic heterocycles. The monoisotopic (exact) mass is 345 g/mol. The molecule has 0 heterocycles. The van der Waals surface area contributed by atoms with Gasteiger partial charge < -0.3 is 0 Å². The zero-order chi connectivity index (χ0) is 18.0. The van der Waals surface area contributed by atoms with Gasteiger partial charge in [0.2, 0.25) is 0 Å². The molecule has 0 atom stereocenters. The van der Waals surface area contributed by atoms with Crippen LogP contribution in [0.25, 0.3) is 0 Å². The number of unbranched alkanes of at least 4 members (excludes halogenated alkanes) is 5. The zero-order valence-electron chi connectivity index (χ0n) is 17.2. The highest BCUT2D eigenvalue weighted by Crippen LogP contribution is 2.51. The minimum Gasteiger partial charge on any atom is -0.198 e. The van der Waals surface area contributed by atoms with Crippen molar-refractivity contribution >= 4 is 0 Å². The smallest absolute Gasteiger partial charge is 0.0692 e. The molecule has 0 aromatic carbocycles. The number of hydrogen-bond acceptors (Lipinski definition) is 1. The lowest BCUT2D eigenvalue weighted by molar-refractivity contribution is 0.0842. The van der Waals surface area contributed by atoms with E-state index < -0.39 is 0 Å². The Balaban J connectivity index is 1.71. The first-order chi connectivity index (χ1) is 12.2. The molecule has 2 aliphatic carbocycles. The summed E-state index contributed by atoms with van der Waals surface area (Å²) in [5, 5.41) is 10.0. The molecule has 0 amide bonds. The molecule has 0 radical (unpaired) electrons. The number of hydrogen-bond donors (Lipinski definition) is 0. The number of nitriles is 1. The Hall–Kier alpha value is -0.510. The maximum absolute atomic E-state index is 10.0. The third kappa shape index (κ3) is 6.30. The molecule has 1 nitrogen and oxygen atoms in total. The Labute approximate surface area is 158 Å². The summed E-state index contributed by atoms with van der Waals surface area (Å²) < 4.78 is 0. The van der Waals surface area contributed by atoms with Crippen LogP contribution in [0.3, 0.4) is 0 Å². The fraction of sp³-hybridized carbons (Fsp3) is 0.958. The van der Waals surface area contributed by atoms with Crippen LogP contribution in [-0.4, -0.2) is 0 Å². The summed E-state index contributed by atoms with van der Waals surface area (Å²) in [4.78, 5) is 0. The normalized spacial score (nSPS) is 33.1. The van der Waals surface area contributed by atoms with Crippen LogP contribution in [-0.2, 0) is 0 Å². The lowest BCUT2D eigenvalue weighted by atomic mass is 9.59. The molecule has 1 heteroatoms. The van der Waals surface area contributed by atoms with E-state index in [0.717, 1.165) is 11.8 Å². The Bertz CT molecular complexity index is 377. The third-order valence-corrected chi connectivity index (χ3v) is 7.53. The maximum Gasteiger partial charge on any atom is 0.0692 e. The van der Waals surface area contributed by atoms with E-state index in [9.17, 15) is 5.26 Å². The van der Waals surface area contributed by atoms with Crippen LogP contribution in [0.4, 0.5) is 0 Å². The van der Waals surface area contributed by atoms with Gasteiger partial charge in [-0.3, -0.25) is 0 Å². The average Bonchev–Trinajstić information content (AvgIpc) is 2.67. The molecule has 2 aliphatic rings. The van der Waals surface area contributed by atoms with Gasteiger partial charge in [-0.15, -0.1) is 0 Å². The summed E-state index contributed by atoms with van der Waals surface area (Å²) in [6, 6.07) is 2.85. The summed E-state index contributed by atoms with van der Waals surface area (Å²) in [7, 11) is 0. The van der Waals surface area contributed by atoms with Crippen LogP contribution < -0.4 is 0 Å². The van der Waals surface area contributed by atoms with Gasteiger partial charge >= 0.3 is 0 Å². The first-order valence-electron chi connectivity index (χ1n) is 11.6. The van der Waals surface area contributed by atoms with E-state index in [2.05, 4.69) is 19.9 Å². The lowest BCUT2D eigenvalue weighted by Crippen LogP contribution is -2.36. The van der Waals surface area contributed by atoms with E-state index in [-0.39, 0.29) is 5.41 Å². The van der Waals surface area contributed by atoms with Crippen molar-refractivity contribution in [3.63, 3.8) is 0 Å². The van der Waals surface area contributed by atoms with E-state index in [0.29, 0.717) is 5.92 Å². The molecule has 0 aliphatic heterocycles. The molecule has 0 aromatic rings. The molecule has 2 fully saturated rings. The largest absolute Gasteiger partial charge is 0.198 e. The first-order valence-corrected chi connectivity index (χ1v) is 11.6. The Kier molecular flexibility index (Phi) is 9.36. The van der Waals surface area contributed by atoms with Crippen LogP contribution in [0.1, 0.15) is 123 Å². The van der Waals surface area contributed by atoms with Crippen molar-refractivity contribution in [2.75, 3.05) is 0 Å². The maximum atomic E-state index is 10.0. The molecule has 0 unspecified atom stereocenters. The van der Waals surface area contributed by atoms with Crippen molar-refractivity contribution in [1.82, 2.24) is 0 Å². The average molecular weight is 346 g/mol. The van der Waals surface area contributed by atoms with Crippen LogP contribution in [0, 0.1) is 34.5 Å². The molecule has 2 rings (SSSR count). The Morgan fingerprint density at radius 3 is 1.88 bits per heavy atom. The third-order valence-electron chi connectivity index (χ3n) is 7.53. The Morgan fingerprint density at radius 2 is 1.28 bits per heavy atom. The van der Waals surface area contributed by atoms with Crippen molar-refractivity contribution in [2.24, 2.45) is 23.2 Å². The highest BCUT2D eigenvalue weighted by Gasteiger charge is 2.43. The first kappa shape index (κ1) is 20.8. The zero-order valence-corrected chi connectivity index (χ0v) is 17.2. The van der Waals surface area contributed by atoms with Crippen molar-refractivity contribution in [2.45, 2.75) is 123 Å². The summed E-state index contributed by atoms with van der Waals surface area (Å²) in [5.41, 5.74) is 0.0500. The highest BCUT2D eigenvalue weighted by atomic mass is 14.5. The van der Waals surface area contributed by atoms with E-state index in [1.165, 1.54) is 109 Å². The van der Waals surface area contributed by atoms with Gasteiger partial charge in [0.25, 0.3) is 0 Å². The van der Waals surface area contributed by atoms with Gasteiger partial charge in [0, 0.05) is 0 Å². The fourth-order valence-corrected chi connectivity index (χ4v) is 5.63. The predicted molar refractivity (Wildman–Crippen MR) is 108 cm³/mol. The van der Waals surface area contributed by atoms with Crippen LogP contribution in [0.2, 0.25) is 0 Å². The Morgan fingerprint density at radius 1 is 0.720 bits per heavy atom. The lowest BCUT2D eigenvalue weighted by Gasteiger charge is -2.43. The van der Waals surface area contributed by atoms with Gasteiger partial charge in [-0.05, 0) is 56.3 Å². The van der Waals surface area contributed by atoms with Crippen molar-refractivity contribution < 1.29 is 0 Å². The second-order valence-corrected chi connectivity index (χ2v) is 9.27. The molecule has 0 N–H and O–H groups in total. The van der Waals surface area contributed by atoms with Crippen molar-refractivity contribution in [3.05, 3.63) is 0 Å². The van der Waals surface area contributed by atoms with Gasteiger partial charge in [0.1, 0.15) is 0 Å². The fourth-order valence-electron chi connectivity index (χ4n) is 5.63. The summed E-state index contributed by atoms with van der Waals surface area (Å²) in [5.74, 6) is 2.59. The molecule has 0 saturated heterocycles. The van der Waals surface area contributed by atoms with Crippen LogP contribution in [0.15, 0.2) is 0 Å². The second-order valence-electron chi connectivity index (χ2n) is 9.27. The molecule has 0 spiro atoms. The summed E-state index contributed by atoms with van der Waals surface area (Å²) in [6.07, 6.45) is 23.2. The van der Waals surface area contributed by atoms with Gasteiger partial charge in [0.05, 0.1) is 11.5 Å². The molecule has 2 saturated carbocycles. The van der Waals surface area contributed by atoms with Gasteiger partial charge in [0.15, 0.2) is 0 Å². The van der Waals surface area contributed by atoms with Gasteiger partial charge in [-0.1, -0.05) is 84.5 Å². The molecule has 25 heavy (non-hydrogen) atoms. The number of nitrogens with zero attached hydrogens (tertiary/aromatic N) is 1. The van der Waals surface area contributed by atoms with E-state index in [1.54, 1.807) is 0 Å². The van der Waals surface area contributed by atoms with Crippen LogP contribution >= 0.6 is 0 Å². The molecular weight excluding hydrogens is 302 g/mol. The number of rotatable bonds is 10. The molecular formula is C24H43N. The molecule has 144 valence electrons. The highest BCUT2D eigenvalue weighted by molar-refractivity contribution is 5.06. The second kappa shape index (κ2) is 11.3. The minimum absolute atomic E-state index is 0.0500. The van der Waals surface area contributed by atoms with E-state index >= 15 is 0 Å². The van der Waals surface area contributed by atoms with Crippen molar-refractivity contribution in [1.29, 1.82) is 5.26 Å². The summed E-state index contributed by atoms with van der Waals surface area (Å²) >= 11 is 0. The predicted octanol–water partition coefficient (Wildman–Crippen LogP) is 8.04. The van der Waals surface area contributed by atoms with E-state index in [4.69, 9.17) is 0 Å².